The Morgan fingerprint density at radius 2 is 1.65 bits per heavy atom. The predicted octanol–water partition coefficient (Wildman–Crippen LogP) is 9.69. The maximum atomic E-state index is 4.86. The van der Waals surface area contributed by atoms with Gasteiger partial charge in [0.25, 0.3) is 0 Å². The van der Waals surface area contributed by atoms with Gasteiger partial charge in [-0.25, -0.2) is 0 Å². The Balaban J connectivity index is 1.88. The van der Waals surface area contributed by atoms with Gasteiger partial charge in [0.05, 0.1) is 0 Å². The minimum absolute atomic E-state index is 0.0270. The van der Waals surface area contributed by atoms with E-state index in [-0.39, 0.29) is 16.2 Å². The first kappa shape index (κ1) is 28.7. The van der Waals surface area contributed by atoms with E-state index < -0.39 is 0 Å². The molecule has 2 fully saturated rings. The van der Waals surface area contributed by atoms with Gasteiger partial charge in [0.15, 0.2) is 0 Å². The Morgan fingerprint density at radius 3 is 2.30 bits per heavy atom. The third kappa shape index (κ3) is 4.72. The molecule has 0 radical (unpaired) electrons. The first-order valence-electron chi connectivity index (χ1n) is 15.3. The molecule has 0 bridgehead atoms. The van der Waals surface area contributed by atoms with Crippen LogP contribution in [-0.2, 0) is 0 Å². The highest BCUT2D eigenvalue weighted by atomic mass is 14.9. The van der Waals surface area contributed by atoms with E-state index in [0.29, 0.717) is 40.5 Å². The van der Waals surface area contributed by atoms with Gasteiger partial charge in [-0.1, -0.05) is 97.9 Å². The second-order valence-electron chi connectivity index (χ2n) is 15.6. The third-order valence-corrected chi connectivity index (χ3v) is 12.5. The molecule has 0 spiro atoms. The predicted molar refractivity (Wildman–Crippen MR) is 161 cm³/mol. The van der Waals surface area contributed by atoms with E-state index in [9.17, 15) is 0 Å². The second-order valence-corrected chi connectivity index (χ2v) is 15.6. The molecule has 0 aromatic rings. The van der Waals surface area contributed by atoms with Crippen LogP contribution in [0.2, 0.25) is 0 Å². The fourth-order valence-corrected chi connectivity index (χ4v) is 9.58. The molecule has 8 atom stereocenters. The molecular weight excluding hydrogens is 446 g/mol. The first-order valence-corrected chi connectivity index (χ1v) is 15.3. The smallest absolute Gasteiger partial charge is 0.0105 e. The molecule has 4 aliphatic rings. The largest absolute Gasteiger partial charge is 0.317 e. The molecule has 1 N–H and O–H groups in total. The van der Waals surface area contributed by atoms with Crippen LogP contribution >= 0.6 is 0 Å². The van der Waals surface area contributed by atoms with Crippen LogP contribution in [0.4, 0.5) is 0 Å². The van der Waals surface area contributed by atoms with Gasteiger partial charge >= 0.3 is 0 Å². The molecule has 1 nitrogen and oxygen atoms in total. The standard InChI is InChI=1S/C36H57N/c1-12-18-34(8)23-22-32(4,5)19-16-27(37-11)13-14-28-31(34)25(2)24-30-35(28,9)21-17-29-33(6,7)26(3)15-20-36(29,30)10/h15,18,20,24,26-29,31,37H,1-2,13-14,16-17,19,21-23H2,3-11H3. The summed E-state index contributed by atoms with van der Waals surface area (Å²) in [7, 11) is 2.18. The summed E-state index contributed by atoms with van der Waals surface area (Å²) in [4.78, 5) is 0. The topological polar surface area (TPSA) is 12.0 Å². The van der Waals surface area contributed by atoms with Crippen LogP contribution in [0, 0.1) is 50.7 Å². The van der Waals surface area contributed by atoms with Gasteiger partial charge in [-0.3, -0.25) is 0 Å². The van der Waals surface area contributed by atoms with Crippen molar-refractivity contribution in [1.82, 2.24) is 5.32 Å². The third-order valence-electron chi connectivity index (χ3n) is 12.5. The molecule has 1 heteroatoms. The van der Waals surface area contributed by atoms with Crippen LogP contribution in [0.5, 0.6) is 0 Å². The van der Waals surface area contributed by atoms with Gasteiger partial charge in [-0.05, 0) is 104 Å². The highest BCUT2D eigenvalue weighted by molar-refractivity contribution is 5.45. The second kappa shape index (κ2) is 9.71. The summed E-state index contributed by atoms with van der Waals surface area (Å²) >= 11 is 0. The van der Waals surface area contributed by atoms with Crippen LogP contribution in [0.1, 0.15) is 107 Å². The van der Waals surface area contributed by atoms with Crippen molar-refractivity contribution in [2.24, 2.45) is 50.7 Å². The number of hydrogen-bond acceptors (Lipinski definition) is 1. The summed E-state index contributed by atoms with van der Waals surface area (Å²) in [5, 5.41) is 3.71. The van der Waals surface area contributed by atoms with Crippen molar-refractivity contribution in [2.45, 2.75) is 113 Å². The SMILES string of the molecule is C=C=CC1(C)CCC(C)(C)CCC(NC)CCC2C1C(=C)C=C1C3(C)C=CC(C)C(C)(C)C3CCC12C. The molecule has 37 heavy (non-hydrogen) atoms. The van der Waals surface area contributed by atoms with Crippen molar-refractivity contribution in [1.29, 1.82) is 0 Å². The van der Waals surface area contributed by atoms with Crippen molar-refractivity contribution < 1.29 is 0 Å². The number of hydrogen-bond donors (Lipinski definition) is 1. The monoisotopic (exact) mass is 503 g/mol. The normalized spacial score (nSPS) is 45.3. The fourth-order valence-electron chi connectivity index (χ4n) is 9.58. The van der Waals surface area contributed by atoms with E-state index in [1.165, 1.54) is 56.9 Å². The van der Waals surface area contributed by atoms with Crippen LogP contribution < -0.4 is 5.32 Å². The fraction of sp³-hybridized carbons (Fsp3) is 0.750. The van der Waals surface area contributed by atoms with Crippen LogP contribution in [0.15, 0.2) is 54.3 Å². The Hall–Kier alpha value is -1.30. The highest BCUT2D eigenvalue weighted by Crippen LogP contribution is 2.69. The summed E-state index contributed by atoms with van der Waals surface area (Å²) in [6, 6.07) is 0.590. The van der Waals surface area contributed by atoms with E-state index in [0.717, 1.165) is 0 Å². The van der Waals surface area contributed by atoms with Crippen molar-refractivity contribution in [3.8, 4) is 0 Å². The van der Waals surface area contributed by atoms with E-state index in [1.54, 1.807) is 5.57 Å². The van der Waals surface area contributed by atoms with Crippen LogP contribution in [0.25, 0.3) is 0 Å². The zero-order valence-electron chi connectivity index (χ0n) is 25.8. The Kier molecular flexibility index (Phi) is 7.53. The van der Waals surface area contributed by atoms with Crippen LogP contribution in [-0.4, -0.2) is 13.1 Å². The molecule has 0 amide bonds. The highest BCUT2D eigenvalue weighted by Gasteiger charge is 2.60. The lowest BCUT2D eigenvalue weighted by molar-refractivity contribution is -0.0303. The molecule has 4 rings (SSSR count). The number of nitrogens with one attached hydrogen (secondary N) is 1. The maximum absolute atomic E-state index is 4.86. The van der Waals surface area contributed by atoms with Crippen molar-refractivity contribution >= 4 is 0 Å². The lowest BCUT2D eigenvalue weighted by atomic mass is 9.40. The average molecular weight is 504 g/mol. The molecule has 8 unspecified atom stereocenters. The molecule has 0 aromatic heterocycles. The number of allylic oxidation sites excluding steroid dienone is 6. The Bertz CT molecular complexity index is 1000. The van der Waals surface area contributed by atoms with Crippen molar-refractivity contribution in [2.75, 3.05) is 7.05 Å². The van der Waals surface area contributed by atoms with Gasteiger partial charge in [0, 0.05) is 16.9 Å². The molecule has 0 aliphatic heterocycles. The quantitative estimate of drug-likeness (QED) is 0.292. The lowest BCUT2D eigenvalue weighted by Crippen LogP contribution is -2.56. The molecule has 2 saturated carbocycles. The molecular formula is C36H57N. The summed E-state index contributed by atoms with van der Waals surface area (Å²) in [6.07, 6.45) is 20.1. The lowest BCUT2D eigenvalue weighted by Gasteiger charge is -2.64. The summed E-state index contributed by atoms with van der Waals surface area (Å²) in [5.41, 5.74) is 7.28. The summed E-state index contributed by atoms with van der Waals surface area (Å²) in [6.45, 7) is 29.0. The van der Waals surface area contributed by atoms with Gasteiger partial charge in [-0.2, -0.15) is 0 Å². The zero-order valence-corrected chi connectivity index (χ0v) is 25.8. The minimum Gasteiger partial charge on any atom is -0.317 e. The van der Waals surface area contributed by atoms with Crippen molar-refractivity contribution in [3.05, 3.63) is 54.3 Å². The Labute approximate surface area is 230 Å². The summed E-state index contributed by atoms with van der Waals surface area (Å²) < 4.78 is 0. The molecule has 4 aliphatic carbocycles. The van der Waals surface area contributed by atoms with E-state index in [1.807, 2.05) is 0 Å². The molecule has 0 heterocycles. The van der Waals surface area contributed by atoms with E-state index >= 15 is 0 Å². The van der Waals surface area contributed by atoms with E-state index in [4.69, 9.17) is 6.58 Å². The molecule has 0 saturated heterocycles. The Morgan fingerprint density at radius 1 is 0.946 bits per heavy atom. The first-order chi connectivity index (χ1) is 17.1. The van der Waals surface area contributed by atoms with Gasteiger partial charge < -0.3 is 5.32 Å². The summed E-state index contributed by atoms with van der Waals surface area (Å²) in [5.74, 6) is 2.31. The van der Waals surface area contributed by atoms with Crippen LogP contribution in [0.3, 0.4) is 0 Å². The van der Waals surface area contributed by atoms with Gasteiger partial charge in [0.2, 0.25) is 0 Å². The van der Waals surface area contributed by atoms with Gasteiger partial charge in [0.1, 0.15) is 0 Å². The zero-order chi connectivity index (χ0) is 27.4. The maximum Gasteiger partial charge on any atom is 0.0105 e. The molecule has 206 valence electrons. The van der Waals surface area contributed by atoms with Gasteiger partial charge in [-0.15, -0.1) is 5.73 Å². The van der Waals surface area contributed by atoms with Crippen molar-refractivity contribution in [3.63, 3.8) is 0 Å². The number of rotatable bonds is 2. The minimum atomic E-state index is 0.0270. The average Bonchev–Trinajstić information content (AvgIpc) is 2.83. The molecule has 0 aromatic carbocycles. The van der Waals surface area contributed by atoms with E-state index in [2.05, 4.69) is 104 Å². The number of fused-ring (bicyclic) bond motifs is 5.